The van der Waals surface area contributed by atoms with Crippen LogP contribution in [0.5, 0.6) is 0 Å². The van der Waals surface area contributed by atoms with E-state index in [9.17, 15) is 0 Å². The number of unbranched alkanes of at least 4 members (excludes halogenated alkanes) is 2. The Morgan fingerprint density at radius 3 is 2.93 bits per heavy atom. The predicted molar refractivity (Wildman–Crippen MR) is 55.9 cm³/mol. The summed E-state index contributed by atoms with van der Waals surface area (Å²) in [7, 11) is 0. The lowest BCUT2D eigenvalue weighted by atomic mass is 10.1. The zero-order valence-corrected chi connectivity index (χ0v) is 9.20. The summed E-state index contributed by atoms with van der Waals surface area (Å²) >= 11 is 0. The number of nitrogens with zero attached hydrogens (tertiary/aromatic N) is 2. The second-order valence-corrected chi connectivity index (χ2v) is 4.10. The molecule has 14 heavy (non-hydrogen) atoms. The Kier molecular flexibility index (Phi) is 4.92. The number of rotatable bonds is 4. The fourth-order valence-electron chi connectivity index (χ4n) is 1.80. The first-order valence-electron chi connectivity index (χ1n) is 5.46. The molecule has 3 nitrogen and oxygen atoms in total. The summed E-state index contributed by atoms with van der Waals surface area (Å²) in [5.74, 6) is 0. The van der Waals surface area contributed by atoms with E-state index in [4.69, 9.17) is 10.00 Å². The van der Waals surface area contributed by atoms with Crippen molar-refractivity contribution in [1.82, 2.24) is 4.90 Å². The van der Waals surface area contributed by atoms with Crippen molar-refractivity contribution < 1.29 is 4.74 Å². The predicted octanol–water partition coefficient (Wildman–Crippen LogP) is 1.79. The van der Waals surface area contributed by atoms with E-state index >= 15 is 0 Å². The molecular formula is C11H20N2O. The van der Waals surface area contributed by atoms with E-state index in [0.717, 1.165) is 32.5 Å². The molecule has 0 N–H and O–H groups in total. The van der Waals surface area contributed by atoms with Gasteiger partial charge in [0.1, 0.15) is 0 Å². The molecule has 1 saturated heterocycles. The first kappa shape index (κ1) is 11.5. The van der Waals surface area contributed by atoms with Crippen LogP contribution in [0, 0.1) is 11.3 Å². The minimum absolute atomic E-state index is 0.363. The first-order valence-corrected chi connectivity index (χ1v) is 5.46. The van der Waals surface area contributed by atoms with E-state index in [1.165, 1.54) is 0 Å². The van der Waals surface area contributed by atoms with Crippen LogP contribution in [0.4, 0.5) is 0 Å². The molecule has 0 aromatic carbocycles. The number of nitriles is 1. The summed E-state index contributed by atoms with van der Waals surface area (Å²) in [4.78, 5) is 2.46. The average Bonchev–Trinajstić information content (AvgIpc) is 2.18. The highest BCUT2D eigenvalue weighted by Gasteiger charge is 2.22. The highest BCUT2D eigenvalue weighted by atomic mass is 16.5. The van der Waals surface area contributed by atoms with Crippen LogP contribution in [-0.4, -0.2) is 36.7 Å². The van der Waals surface area contributed by atoms with Gasteiger partial charge in [-0.25, -0.2) is 0 Å². The maximum Gasteiger partial charge on any atom is 0.0674 e. The molecular weight excluding hydrogens is 176 g/mol. The fourth-order valence-corrected chi connectivity index (χ4v) is 1.80. The number of hydrogen-bond donors (Lipinski definition) is 0. The summed E-state index contributed by atoms with van der Waals surface area (Å²) < 4.78 is 5.55. The van der Waals surface area contributed by atoms with E-state index < -0.39 is 0 Å². The Balaban J connectivity index is 2.18. The summed E-state index contributed by atoms with van der Waals surface area (Å²) in [6.45, 7) is 7.31. The smallest absolute Gasteiger partial charge is 0.0674 e. The molecule has 80 valence electrons. The second-order valence-electron chi connectivity index (χ2n) is 4.10. The molecule has 1 rings (SSSR count). The zero-order chi connectivity index (χ0) is 10.4. The van der Waals surface area contributed by atoms with Crippen molar-refractivity contribution in [2.24, 2.45) is 0 Å². The quantitative estimate of drug-likeness (QED) is 0.643. The fraction of sp³-hybridized carbons (Fsp3) is 0.909. The molecule has 3 heteroatoms. The van der Waals surface area contributed by atoms with Crippen molar-refractivity contribution in [3.8, 4) is 6.07 Å². The lowest BCUT2D eigenvalue weighted by Gasteiger charge is -2.36. The molecule has 0 amide bonds. The van der Waals surface area contributed by atoms with Crippen molar-refractivity contribution in [3.05, 3.63) is 0 Å². The third kappa shape index (κ3) is 3.65. The van der Waals surface area contributed by atoms with Crippen LogP contribution in [0.3, 0.4) is 0 Å². The summed E-state index contributed by atoms with van der Waals surface area (Å²) in [5, 5.41) is 8.41. The zero-order valence-electron chi connectivity index (χ0n) is 9.20. The van der Waals surface area contributed by atoms with Gasteiger partial charge in [-0.1, -0.05) is 0 Å². The van der Waals surface area contributed by atoms with E-state index in [2.05, 4.69) is 24.8 Å². The topological polar surface area (TPSA) is 36.3 Å². The monoisotopic (exact) mass is 196 g/mol. The highest BCUT2D eigenvalue weighted by molar-refractivity contribution is 4.76. The van der Waals surface area contributed by atoms with E-state index in [1.807, 2.05) is 0 Å². The van der Waals surface area contributed by atoms with Gasteiger partial charge in [-0.05, 0) is 33.2 Å². The van der Waals surface area contributed by atoms with Crippen LogP contribution >= 0.6 is 0 Å². The van der Waals surface area contributed by atoms with Crippen molar-refractivity contribution in [3.63, 3.8) is 0 Å². The average molecular weight is 196 g/mol. The lowest BCUT2D eigenvalue weighted by Crippen LogP contribution is -2.47. The van der Waals surface area contributed by atoms with Gasteiger partial charge < -0.3 is 4.74 Å². The van der Waals surface area contributed by atoms with E-state index in [-0.39, 0.29) is 0 Å². The summed E-state index contributed by atoms with van der Waals surface area (Å²) in [5.41, 5.74) is 0. The van der Waals surface area contributed by atoms with Gasteiger partial charge in [-0.3, -0.25) is 4.90 Å². The maximum atomic E-state index is 8.41. The van der Waals surface area contributed by atoms with Gasteiger partial charge in [0.05, 0.1) is 18.8 Å². The second kappa shape index (κ2) is 6.00. The minimum Gasteiger partial charge on any atom is -0.376 e. The Morgan fingerprint density at radius 2 is 2.21 bits per heavy atom. The van der Waals surface area contributed by atoms with Crippen molar-refractivity contribution in [2.75, 3.05) is 19.7 Å². The molecule has 0 bridgehead atoms. The SMILES string of the molecule is CC1CN(CCCCC#N)C(C)CO1. The molecule has 0 aliphatic carbocycles. The highest BCUT2D eigenvalue weighted by Crippen LogP contribution is 2.12. The molecule has 2 unspecified atom stereocenters. The third-order valence-corrected chi connectivity index (χ3v) is 2.72. The lowest BCUT2D eigenvalue weighted by molar-refractivity contribution is -0.0495. The Bertz CT molecular complexity index is 200. The Hall–Kier alpha value is -0.590. The van der Waals surface area contributed by atoms with Crippen LogP contribution in [0.25, 0.3) is 0 Å². The maximum absolute atomic E-state index is 8.41. The van der Waals surface area contributed by atoms with Crippen molar-refractivity contribution in [2.45, 2.75) is 45.3 Å². The third-order valence-electron chi connectivity index (χ3n) is 2.72. The van der Waals surface area contributed by atoms with Gasteiger partial charge in [0.2, 0.25) is 0 Å². The Labute approximate surface area is 86.6 Å². The Morgan fingerprint density at radius 1 is 1.43 bits per heavy atom. The van der Waals surface area contributed by atoms with Gasteiger partial charge >= 0.3 is 0 Å². The van der Waals surface area contributed by atoms with Crippen molar-refractivity contribution in [1.29, 1.82) is 5.26 Å². The molecule has 1 fully saturated rings. The molecule has 1 heterocycles. The molecule has 0 saturated carbocycles. The molecule has 0 spiro atoms. The number of hydrogen-bond acceptors (Lipinski definition) is 3. The van der Waals surface area contributed by atoms with E-state index in [0.29, 0.717) is 18.6 Å². The molecule has 1 aliphatic heterocycles. The number of morpholine rings is 1. The molecule has 0 aromatic heterocycles. The normalized spacial score (nSPS) is 28.6. The van der Waals surface area contributed by atoms with Gasteiger partial charge in [0, 0.05) is 19.0 Å². The van der Waals surface area contributed by atoms with E-state index in [1.54, 1.807) is 0 Å². The van der Waals surface area contributed by atoms with Crippen LogP contribution in [-0.2, 0) is 4.74 Å². The molecule has 1 aliphatic rings. The van der Waals surface area contributed by atoms with Crippen molar-refractivity contribution >= 4 is 0 Å². The van der Waals surface area contributed by atoms with Gasteiger partial charge in [0.25, 0.3) is 0 Å². The standard InChI is InChI=1S/C11H20N2O/c1-10-9-14-11(2)8-13(10)7-5-3-4-6-12/h10-11H,3-5,7-9H2,1-2H3. The molecule has 0 aromatic rings. The summed E-state index contributed by atoms with van der Waals surface area (Å²) in [6, 6.07) is 2.72. The largest absolute Gasteiger partial charge is 0.376 e. The van der Waals surface area contributed by atoms with Crippen LogP contribution in [0.2, 0.25) is 0 Å². The van der Waals surface area contributed by atoms with Crippen LogP contribution in [0.15, 0.2) is 0 Å². The molecule has 2 atom stereocenters. The van der Waals surface area contributed by atoms with Gasteiger partial charge in [0.15, 0.2) is 0 Å². The number of ether oxygens (including phenoxy) is 1. The first-order chi connectivity index (χ1) is 6.74. The van der Waals surface area contributed by atoms with Crippen LogP contribution < -0.4 is 0 Å². The van der Waals surface area contributed by atoms with Gasteiger partial charge in [-0.15, -0.1) is 0 Å². The molecule has 0 radical (unpaired) electrons. The summed E-state index contributed by atoms with van der Waals surface area (Å²) in [6.07, 6.45) is 3.20. The minimum atomic E-state index is 0.363. The van der Waals surface area contributed by atoms with Gasteiger partial charge in [-0.2, -0.15) is 5.26 Å². The van der Waals surface area contributed by atoms with Crippen LogP contribution in [0.1, 0.15) is 33.1 Å².